The van der Waals surface area contributed by atoms with Crippen molar-refractivity contribution in [2.75, 3.05) is 0 Å². The molecule has 140 valence electrons. The standard InChI is InChI=1S/C24H21FN2O/c25-24-8-6-18-14-26-10-9-22(18)23(24)15-27-19-12-21(13-19)28-20-7-5-16-3-1-2-4-17(16)11-20/h1-11,14,19,21,27H,12-13,15H2. The molecule has 0 amide bonds. The fourth-order valence-electron chi connectivity index (χ4n) is 3.89. The smallest absolute Gasteiger partial charge is 0.128 e. The highest BCUT2D eigenvalue weighted by atomic mass is 19.1. The van der Waals surface area contributed by atoms with Crippen LogP contribution in [0.1, 0.15) is 18.4 Å². The van der Waals surface area contributed by atoms with Crippen molar-refractivity contribution in [1.82, 2.24) is 10.3 Å². The van der Waals surface area contributed by atoms with Crippen molar-refractivity contribution in [1.29, 1.82) is 0 Å². The molecule has 0 unspecified atom stereocenters. The van der Waals surface area contributed by atoms with E-state index >= 15 is 0 Å². The van der Waals surface area contributed by atoms with E-state index in [1.165, 1.54) is 16.8 Å². The summed E-state index contributed by atoms with van der Waals surface area (Å²) in [6.45, 7) is 0.514. The first kappa shape index (κ1) is 17.1. The minimum atomic E-state index is -0.172. The van der Waals surface area contributed by atoms with Crippen LogP contribution in [0.2, 0.25) is 0 Å². The number of hydrogen-bond donors (Lipinski definition) is 1. The second kappa shape index (κ2) is 7.21. The quantitative estimate of drug-likeness (QED) is 0.521. The summed E-state index contributed by atoms with van der Waals surface area (Å²) in [7, 11) is 0. The number of aromatic nitrogens is 1. The van der Waals surface area contributed by atoms with Crippen molar-refractivity contribution < 1.29 is 9.13 Å². The highest BCUT2D eigenvalue weighted by Gasteiger charge is 2.30. The molecule has 1 saturated carbocycles. The lowest BCUT2D eigenvalue weighted by molar-refractivity contribution is 0.0844. The molecule has 0 saturated heterocycles. The van der Waals surface area contributed by atoms with E-state index < -0.39 is 0 Å². The van der Waals surface area contributed by atoms with Gasteiger partial charge in [-0.05, 0) is 59.3 Å². The van der Waals surface area contributed by atoms with Gasteiger partial charge in [-0.15, -0.1) is 0 Å². The molecule has 4 aromatic rings. The normalized spacial score (nSPS) is 18.9. The average molecular weight is 372 g/mol. The molecular formula is C24H21FN2O. The largest absolute Gasteiger partial charge is 0.490 e. The highest BCUT2D eigenvalue weighted by molar-refractivity contribution is 5.85. The molecule has 1 heterocycles. The summed E-state index contributed by atoms with van der Waals surface area (Å²) in [6.07, 6.45) is 5.55. The average Bonchev–Trinajstić information content (AvgIpc) is 2.70. The van der Waals surface area contributed by atoms with Gasteiger partial charge >= 0.3 is 0 Å². The Kier molecular flexibility index (Phi) is 4.41. The number of benzene rings is 3. The van der Waals surface area contributed by atoms with E-state index in [0.717, 1.165) is 29.4 Å². The van der Waals surface area contributed by atoms with Gasteiger partial charge in [-0.1, -0.05) is 30.3 Å². The van der Waals surface area contributed by atoms with Crippen LogP contribution in [0.5, 0.6) is 5.75 Å². The Hall–Kier alpha value is -2.98. The summed E-state index contributed by atoms with van der Waals surface area (Å²) >= 11 is 0. The topological polar surface area (TPSA) is 34.2 Å². The molecule has 0 bridgehead atoms. The molecule has 1 aromatic heterocycles. The minimum Gasteiger partial charge on any atom is -0.490 e. The Labute approximate surface area is 163 Å². The predicted octanol–water partition coefficient (Wildman–Crippen LogP) is 5.23. The highest BCUT2D eigenvalue weighted by Crippen LogP contribution is 2.29. The van der Waals surface area contributed by atoms with Gasteiger partial charge in [-0.3, -0.25) is 4.98 Å². The van der Waals surface area contributed by atoms with Gasteiger partial charge in [0.2, 0.25) is 0 Å². The van der Waals surface area contributed by atoms with Crippen LogP contribution < -0.4 is 10.1 Å². The second-order valence-corrected chi connectivity index (χ2v) is 7.42. The monoisotopic (exact) mass is 372 g/mol. The molecule has 0 radical (unpaired) electrons. The van der Waals surface area contributed by atoms with Gasteiger partial charge in [0.15, 0.2) is 0 Å². The van der Waals surface area contributed by atoms with Crippen LogP contribution in [0.4, 0.5) is 4.39 Å². The van der Waals surface area contributed by atoms with E-state index in [1.54, 1.807) is 18.5 Å². The van der Waals surface area contributed by atoms with Gasteiger partial charge in [0.05, 0.1) is 0 Å². The lowest BCUT2D eigenvalue weighted by Gasteiger charge is -2.36. The maximum absolute atomic E-state index is 14.3. The van der Waals surface area contributed by atoms with Crippen molar-refractivity contribution in [3.05, 3.63) is 84.4 Å². The number of nitrogens with zero attached hydrogens (tertiary/aromatic N) is 1. The molecule has 3 nitrogen and oxygen atoms in total. The Balaban J connectivity index is 1.19. The first-order valence-corrected chi connectivity index (χ1v) is 9.66. The Bertz CT molecular complexity index is 1140. The number of fused-ring (bicyclic) bond motifs is 2. The maximum Gasteiger partial charge on any atom is 0.128 e. The summed E-state index contributed by atoms with van der Waals surface area (Å²) in [5.41, 5.74) is 0.707. The van der Waals surface area contributed by atoms with E-state index in [2.05, 4.69) is 34.6 Å². The van der Waals surface area contributed by atoms with E-state index in [0.29, 0.717) is 18.2 Å². The van der Waals surface area contributed by atoms with Crippen molar-refractivity contribution >= 4 is 21.5 Å². The summed E-state index contributed by atoms with van der Waals surface area (Å²) in [5.74, 6) is 0.740. The Morgan fingerprint density at radius 3 is 2.68 bits per heavy atom. The summed E-state index contributed by atoms with van der Waals surface area (Å²) in [6, 6.07) is 20.0. The minimum absolute atomic E-state index is 0.172. The molecule has 1 aliphatic rings. The van der Waals surface area contributed by atoms with Crippen molar-refractivity contribution in [2.45, 2.75) is 31.5 Å². The summed E-state index contributed by atoms with van der Waals surface area (Å²) < 4.78 is 20.4. The third-order valence-corrected chi connectivity index (χ3v) is 5.56. The van der Waals surface area contributed by atoms with Crippen LogP contribution in [-0.2, 0) is 6.54 Å². The zero-order valence-corrected chi connectivity index (χ0v) is 15.4. The van der Waals surface area contributed by atoms with Crippen LogP contribution in [-0.4, -0.2) is 17.1 Å². The molecule has 0 spiro atoms. The Morgan fingerprint density at radius 2 is 1.79 bits per heavy atom. The second-order valence-electron chi connectivity index (χ2n) is 7.42. The first-order chi connectivity index (χ1) is 13.8. The van der Waals surface area contributed by atoms with Crippen LogP contribution in [0.25, 0.3) is 21.5 Å². The fourth-order valence-corrected chi connectivity index (χ4v) is 3.89. The molecular weight excluding hydrogens is 351 g/mol. The SMILES string of the molecule is Fc1ccc2cnccc2c1CNC1CC(Oc2ccc3ccccc3c2)C1. The van der Waals surface area contributed by atoms with Crippen LogP contribution in [0, 0.1) is 5.82 Å². The lowest BCUT2D eigenvalue weighted by atomic mass is 9.89. The molecule has 0 atom stereocenters. The van der Waals surface area contributed by atoms with Crippen LogP contribution >= 0.6 is 0 Å². The van der Waals surface area contributed by atoms with Crippen LogP contribution in [0.15, 0.2) is 73.1 Å². The predicted molar refractivity (Wildman–Crippen MR) is 110 cm³/mol. The zero-order valence-electron chi connectivity index (χ0n) is 15.4. The van der Waals surface area contributed by atoms with Crippen molar-refractivity contribution in [3.63, 3.8) is 0 Å². The van der Waals surface area contributed by atoms with Crippen LogP contribution in [0.3, 0.4) is 0 Å². The van der Waals surface area contributed by atoms with E-state index in [9.17, 15) is 4.39 Å². The van der Waals surface area contributed by atoms with Gasteiger partial charge < -0.3 is 10.1 Å². The lowest BCUT2D eigenvalue weighted by Crippen LogP contribution is -2.46. The molecule has 4 heteroatoms. The summed E-state index contributed by atoms with van der Waals surface area (Å²) in [4.78, 5) is 4.12. The number of nitrogens with one attached hydrogen (secondary N) is 1. The van der Waals surface area contributed by atoms with Gasteiger partial charge in [-0.25, -0.2) is 4.39 Å². The first-order valence-electron chi connectivity index (χ1n) is 9.66. The fraction of sp³-hybridized carbons (Fsp3) is 0.208. The van der Waals surface area contributed by atoms with E-state index in [1.807, 2.05) is 24.3 Å². The zero-order chi connectivity index (χ0) is 18.9. The third-order valence-electron chi connectivity index (χ3n) is 5.56. The number of ether oxygens (including phenoxy) is 1. The number of hydrogen-bond acceptors (Lipinski definition) is 3. The van der Waals surface area contributed by atoms with Gasteiger partial charge in [0, 0.05) is 35.9 Å². The van der Waals surface area contributed by atoms with Gasteiger partial charge in [-0.2, -0.15) is 0 Å². The molecule has 0 aliphatic heterocycles. The van der Waals surface area contributed by atoms with Crippen molar-refractivity contribution in [2.24, 2.45) is 0 Å². The van der Waals surface area contributed by atoms with Gasteiger partial charge in [0.1, 0.15) is 17.7 Å². The Morgan fingerprint density at radius 1 is 0.964 bits per heavy atom. The van der Waals surface area contributed by atoms with Crippen molar-refractivity contribution in [3.8, 4) is 5.75 Å². The number of pyridine rings is 1. The molecule has 1 aliphatic carbocycles. The molecule has 5 rings (SSSR count). The van der Waals surface area contributed by atoms with Gasteiger partial charge in [0.25, 0.3) is 0 Å². The number of halogens is 1. The molecule has 1 N–H and O–H groups in total. The molecule has 1 fully saturated rings. The summed E-state index contributed by atoms with van der Waals surface area (Å²) in [5, 5.41) is 7.77. The van der Waals surface area contributed by atoms with E-state index in [-0.39, 0.29) is 11.9 Å². The number of rotatable bonds is 5. The van der Waals surface area contributed by atoms with E-state index in [4.69, 9.17) is 4.74 Å². The maximum atomic E-state index is 14.3. The molecule has 3 aromatic carbocycles. The third kappa shape index (κ3) is 3.32. The molecule has 28 heavy (non-hydrogen) atoms.